The van der Waals surface area contributed by atoms with Crippen molar-refractivity contribution in [3.05, 3.63) is 85.0 Å². The first-order valence-corrected chi connectivity index (χ1v) is 31.1. The SMILES string of the molecule is C=C(C)C(=O)OCCCCC(=O)Oc1cc(OC(=O)CCCCOC(=O)C(=C)C)cc(OC(=O)CCCCOC(=O)C(=C)C)c1.C=C(C)C(=O)[O-].O=C(CCCCBr)Oc1cc(OC(=O)CCCCBr)cc(OC(=O)CCCCBr)c1.[2H]CI.[K+]. The van der Waals surface area contributed by atoms with Gasteiger partial charge >= 0.3 is 105 Å². The van der Waals surface area contributed by atoms with E-state index in [-0.39, 0.29) is 167 Å². The Hall–Kier alpha value is -4.09. The van der Waals surface area contributed by atoms with Crippen LogP contribution in [-0.4, -0.2) is 100 Å². The van der Waals surface area contributed by atoms with Crippen molar-refractivity contribution in [3.63, 3.8) is 0 Å². The fourth-order valence-corrected chi connectivity index (χ4v) is 6.80. The van der Waals surface area contributed by atoms with Crippen LogP contribution < -0.4 is 84.9 Å². The molecule has 0 aliphatic carbocycles. The van der Waals surface area contributed by atoms with Crippen molar-refractivity contribution in [2.24, 2.45) is 0 Å². The van der Waals surface area contributed by atoms with E-state index >= 15 is 0 Å². The van der Waals surface area contributed by atoms with Crippen molar-refractivity contribution in [1.82, 2.24) is 0 Å². The van der Waals surface area contributed by atoms with Gasteiger partial charge in [-0.25, -0.2) is 14.4 Å². The van der Waals surface area contributed by atoms with Gasteiger partial charge in [0, 0.05) is 109 Å². The maximum Gasteiger partial charge on any atom is 1.00 e. The van der Waals surface area contributed by atoms with Crippen LogP contribution in [0.2, 0.25) is 0 Å². The zero-order valence-corrected chi connectivity index (χ0v) is 58.7. The zero-order valence-electron chi connectivity index (χ0n) is 49.6. The standard InChI is InChI=1S/C33H42O12.C21H27Br3O6.C4H6O2.CH3I.K/c1-22(2)31(37)40-16-10-7-13-28(34)43-25-19-26(44-29(35)14-8-11-17-41-32(38)23(3)4)21-27(20-25)45-30(36)15-9-12-18-42-33(39)24(5)6;22-10-4-1-7-19(25)28-16-13-17(29-20(26)8-2-5-11-23)15-18(14-16)30-21(27)9-3-6-12-24;1-3(2)4(5)6;1-2;/h19-21H,1,3,5,7-18H2,2,4,6H3;13-15H,1-12H2;1H2,2H3,(H,5,6);1H3;/q;;;;+1/p-1/i;;;1D;. The predicted molar refractivity (Wildman–Crippen MR) is 328 cm³/mol. The van der Waals surface area contributed by atoms with Crippen LogP contribution in [0.4, 0.5) is 0 Å². The third-order valence-corrected chi connectivity index (χ3v) is 11.5. The van der Waals surface area contributed by atoms with Gasteiger partial charge in [0.25, 0.3) is 0 Å². The number of hydrogen-bond acceptors (Lipinski definition) is 20. The quantitative estimate of drug-likeness (QED) is 0.00893. The number of benzene rings is 2. The molecule has 0 aliphatic heterocycles. The topological polar surface area (TPSA) is 277 Å². The molecule has 2 rings (SSSR count). The van der Waals surface area contributed by atoms with Gasteiger partial charge in [-0.1, -0.05) is 96.7 Å². The molecule has 0 amide bonds. The van der Waals surface area contributed by atoms with Gasteiger partial charge in [0.15, 0.2) is 0 Å². The summed E-state index contributed by atoms with van der Waals surface area (Å²) < 4.78 is 53.4. The van der Waals surface area contributed by atoms with Crippen LogP contribution in [0.3, 0.4) is 0 Å². The summed E-state index contributed by atoms with van der Waals surface area (Å²) in [6.07, 6.45) is 7.90. The Morgan fingerprint density at radius 1 is 0.393 bits per heavy atom. The minimum Gasteiger partial charge on any atom is -0.545 e. The molecular weight excluding hydrogens is 1430 g/mol. The molecule has 0 aromatic heterocycles. The first kappa shape index (κ1) is 82.0. The predicted octanol–water partition coefficient (Wildman–Crippen LogP) is 8.74. The molecule has 0 saturated carbocycles. The van der Waals surface area contributed by atoms with Crippen molar-refractivity contribution < 1.29 is 148 Å². The van der Waals surface area contributed by atoms with Crippen LogP contribution in [0, 0.1) is 0 Å². The van der Waals surface area contributed by atoms with Crippen molar-refractivity contribution in [2.75, 3.05) is 40.7 Å². The summed E-state index contributed by atoms with van der Waals surface area (Å²) in [7, 11) is 0. The van der Waals surface area contributed by atoms with E-state index in [1.165, 1.54) is 64.1 Å². The van der Waals surface area contributed by atoms with Crippen LogP contribution >= 0.6 is 70.4 Å². The summed E-state index contributed by atoms with van der Waals surface area (Å²) in [5.41, 5.74) is 0.897. The Bertz CT molecular complexity index is 2210. The minimum absolute atomic E-state index is 0. The number of halogens is 4. The molecule has 0 bridgehead atoms. The number of hydrogen-bond donors (Lipinski definition) is 0. The summed E-state index contributed by atoms with van der Waals surface area (Å²) in [4.78, 5) is 118. The van der Waals surface area contributed by atoms with Gasteiger partial charge in [0.1, 0.15) is 34.5 Å². The van der Waals surface area contributed by atoms with Crippen LogP contribution in [0.1, 0.15) is 145 Å². The van der Waals surface area contributed by atoms with Crippen molar-refractivity contribution in [3.8, 4) is 34.5 Å². The van der Waals surface area contributed by atoms with Crippen LogP contribution in [0.15, 0.2) is 85.0 Å². The molecule has 25 heteroatoms. The van der Waals surface area contributed by atoms with Gasteiger partial charge in [-0.05, 0) is 115 Å². The van der Waals surface area contributed by atoms with Crippen molar-refractivity contribution in [2.45, 2.75) is 143 Å². The number of ether oxygens (including phenoxy) is 9. The molecule has 0 radical (unpaired) electrons. The van der Waals surface area contributed by atoms with Gasteiger partial charge in [0.2, 0.25) is 0 Å². The van der Waals surface area contributed by atoms with Gasteiger partial charge in [-0.15, -0.1) is 0 Å². The monoisotopic (exact) mass is 1510 g/mol. The molecule has 0 N–H and O–H groups in total. The van der Waals surface area contributed by atoms with Gasteiger partial charge < -0.3 is 52.5 Å². The van der Waals surface area contributed by atoms with E-state index in [4.69, 9.17) is 44.0 Å². The zero-order chi connectivity index (χ0) is 63.8. The minimum atomic E-state index is -1.19. The summed E-state index contributed by atoms with van der Waals surface area (Å²) in [6.45, 7) is 19.9. The first-order chi connectivity index (χ1) is 39.8. The summed E-state index contributed by atoms with van der Waals surface area (Å²) in [5, 5.41) is 11.9. The van der Waals surface area contributed by atoms with Crippen LogP contribution in [0.5, 0.6) is 34.5 Å². The third-order valence-electron chi connectivity index (χ3n) is 9.81. The molecule has 0 aliphatic rings. The molecule has 2 aromatic rings. The number of rotatable bonds is 37. The average Bonchev–Trinajstić information content (AvgIpc) is 3.40. The maximum atomic E-state index is 12.4. The van der Waals surface area contributed by atoms with Crippen LogP contribution in [0.25, 0.3) is 0 Å². The van der Waals surface area contributed by atoms with E-state index in [2.05, 4.69) is 74.1 Å². The summed E-state index contributed by atoms with van der Waals surface area (Å²) in [5.74, 6) is -5.23. The molecule has 0 heterocycles. The van der Waals surface area contributed by atoms with E-state index in [0.717, 1.165) is 35.3 Å². The molecule has 20 nitrogen and oxygen atoms in total. The fraction of sp³-hybridized carbons (Fsp3) is 0.492. The molecular formula is C59H77Br3IKO20. The number of carboxylic acids is 1. The molecule has 2 aromatic carbocycles. The molecule has 0 atom stereocenters. The number of aliphatic carboxylic acids is 1. The Morgan fingerprint density at radius 2 is 0.560 bits per heavy atom. The van der Waals surface area contributed by atoms with Gasteiger partial charge in [-0.2, -0.15) is 0 Å². The average molecular weight is 1510 g/mol. The second kappa shape index (κ2) is 53.2. The van der Waals surface area contributed by atoms with E-state index in [0.29, 0.717) is 62.7 Å². The van der Waals surface area contributed by atoms with Gasteiger partial charge in [-0.3, -0.25) is 28.8 Å². The normalized spacial score (nSPS) is 9.98. The number of esters is 9. The Balaban J connectivity index is -0.00000144. The van der Waals surface area contributed by atoms with Crippen molar-refractivity contribution >= 4 is 130 Å². The fourth-order valence-electron chi connectivity index (χ4n) is 5.61. The van der Waals surface area contributed by atoms with E-state index in [9.17, 15) is 53.1 Å². The number of carbonyl (C=O) groups is 10. The second-order valence-corrected chi connectivity index (χ2v) is 20.1. The number of carbonyl (C=O) groups excluding carboxylic acids is 10. The van der Waals surface area contributed by atoms with E-state index < -0.39 is 59.7 Å². The molecule has 0 spiro atoms. The Morgan fingerprint density at radius 3 is 0.702 bits per heavy atom. The van der Waals surface area contributed by atoms with Crippen LogP contribution in [-0.2, 0) is 62.2 Å². The Labute approximate surface area is 576 Å². The van der Waals surface area contributed by atoms with Gasteiger partial charge in [0.05, 0.1) is 25.8 Å². The summed E-state index contributed by atoms with van der Waals surface area (Å²) in [6, 6.07) is 8.29. The number of alkyl halides is 4. The molecule has 0 unspecified atom stereocenters. The third kappa shape index (κ3) is 47.1. The Kier molecular flexibility index (Phi) is 51.9. The first-order valence-electron chi connectivity index (χ1n) is 26.9. The molecule has 0 fully saturated rings. The molecule has 462 valence electrons. The second-order valence-electron chi connectivity index (χ2n) is 17.8. The number of unbranched alkanes of at least 4 members (excludes halogenated alkanes) is 6. The van der Waals surface area contributed by atoms with Crippen molar-refractivity contribution in [1.29, 1.82) is 0 Å². The number of carboxylic acid groups (broad SMARTS) is 1. The smallest absolute Gasteiger partial charge is 0.545 e. The largest absolute Gasteiger partial charge is 1.00 e. The molecule has 84 heavy (non-hydrogen) atoms. The molecule has 0 saturated heterocycles. The van der Waals surface area contributed by atoms with E-state index in [1.807, 2.05) is 22.6 Å². The maximum absolute atomic E-state index is 12.4. The van der Waals surface area contributed by atoms with E-state index in [1.54, 1.807) is 0 Å². The summed E-state index contributed by atoms with van der Waals surface area (Å²) >= 11 is 11.9.